The van der Waals surface area contributed by atoms with Crippen LogP contribution in [0, 0.1) is 0 Å². The maximum atomic E-state index is 13.7. The molecule has 0 amide bonds. The Bertz CT molecular complexity index is 2130. The lowest BCUT2D eigenvalue weighted by molar-refractivity contribution is -0.432. The van der Waals surface area contributed by atoms with Crippen LogP contribution in [-0.2, 0) is 48.8 Å². The van der Waals surface area contributed by atoms with Crippen LogP contribution < -0.4 is 0 Å². The molecular weight excluding hydrogens is 761 g/mol. The number of phenolic OH excluding ortho intramolecular Hbond substituents is 2. The third-order valence-electron chi connectivity index (χ3n) is 6.25. The van der Waals surface area contributed by atoms with E-state index in [1.807, 2.05) is 0 Å². The maximum Gasteiger partial charge on any atom is 0.294 e. The topological polar surface area (TPSA) is 295 Å². The number of carbonyl (C=O) groups excluding carboxylic acids is 2. The van der Waals surface area contributed by atoms with E-state index in [4.69, 9.17) is 10.5 Å². The van der Waals surface area contributed by atoms with Crippen LogP contribution in [0.25, 0.3) is 0 Å². The van der Waals surface area contributed by atoms with Gasteiger partial charge in [0, 0.05) is 20.9 Å². The average Bonchev–Trinajstić information content (AvgIpc) is 3.04. The molecule has 0 radical (unpaired) electrons. The first-order valence-corrected chi connectivity index (χ1v) is 18.3. The van der Waals surface area contributed by atoms with E-state index in [1.54, 1.807) is 0 Å². The van der Waals surface area contributed by atoms with Gasteiger partial charge in [0.1, 0.15) is 11.5 Å². The van der Waals surface area contributed by atoms with Gasteiger partial charge >= 0.3 is 0 Å². The molecule has 0 saturated carbocycles. The van der Waals surface area contributed by atoms with Gasteiger partial charge in [-0.15, -0.1) is 8.67 Å². The first kappa shape index (κ1) is 37.9. The van der Waals surface area contributed by atoms with Crippen molar-refractivity contribution in [2.75, 3.05) is 0 Å². The van der Waals surface area contributed by atoms with Crippen molar-refractivity contribution in [2.24, 2.45) is 0 Å². The zero-order valence-electron chi connectivity index (χ0n) is 23.6. The zero-order chi connectivity index (χ0) is 36.3. The second-order valence-electron chi connectivity index (χ2n) is 9.31. The normalized spacial score (nSPS) is 12.2. The lowest BCUT2D eigenvalue weighted by Crippen LogP contribution is -2.10. The molecule has 260 valence electrons. The van der Waals surface area contributed by atoms with Crippen molar-refractivity contribution >= 4 is 65.7 Å². The van der Waals surface area contributed by atoms with Crippen molar-refractivity contribution in [1.29, 1.82) is 0 Å². The molecule has 23 heteroatoms. The first-order chi connectivity index (χ1) is 22.9. The minimum absolute atomic E-state index is 0.195. The van der Waals surface area contributed by atoms with Gasteiger partial charge in [-0.3, -0.25) is 18.7 Å². The molecule has 49 heavy (non-hydrogen) atoms. The minimum atomic E-state index is -4.91. The summed E-state index contributed by atoms with van der Waals surface area (Å²) in [4.78, 5) is 23.5. The van der Waals surface area contributed by atoms with Crippen LogP contribution in [0.5, 0.6) is 11.5 Å². The molecule has 0 aromatic heterocycles. The molecule has 0 unspecified atom stereocenters. The van der Waals surface area contributed by atoms with Crippen LogP contribution in [0.2, 0.25) is 0 Å². The van der Waals surface area contributed by atoms with Gasteiger partial charge in [0.2, 0.25) is 9.84 Å². The van der Waals surface area contributed by atoms with Gasteiger partial charge in [-0.25, -0.2) is 18.9 Å². The van der Waals surface area contributed by atoms with Gasteiger partial charge in [-0.05, 0) is 72.8 Å². The van der Waals surface area contributed by atoms with Gasteiger partial charge in [0.05, 0.1) is 54.8 Å². The predicted molar refractivity (Wildman–Crippen MR) is 162 cm³/mol. The van der Waals surface area contributed by atoms with E-state index in [1.165, 1.54) is 0 Å². The number of benzene rings is 4. The summed E-state index contributed by atoms with van der Waals surface area (Å²) in [7, 11) is -14.5. The number of hydrogen-bond acceptors (Lipinski definition) is 18. The number of rotatable bonds is 14. The highest BCUT2D eigenvalue weighted by Crippen LogP contribution is 2.33. The molecule has 0 aliphatic carbocycles. The fourth-order valence-corrected chi connectivity index (χ4v) is 7.57. The Labute approximate surface area is 284 Å². The van der Waals surface area contributed by atoms with Crippen LogP contribution in [0.15, 0.2) is 102 Å². The third-order valence-corrected chi connectivity index (χ3v) is 10.8. The molecule has 0 saturated heterocycles. The van der Waals surface area contributed by atoms with Crippen molar-refractivity contribution in [3.8, 4) is 11.5 Å². The molecule has 0 atom stereocenters. The van der Waals surface area contributed by atoms with Gasteiger partial charge in [0.15, 0.2) is 11.6 Å². The Morgan fingerprint density at radius 2 is 0.898 bits per heavy atom. The summed E-state index contributed by atoms with van der Waals surface area (Å²) in [5.41, 5.74) is -2.33. The number of phenols is 2. The van der Waals surface area contributed by atoms with Crippen LogP contribution >= 0.6 is 24.1 Å². The van der Waals surface area contributed by atoms with E-state index < -0.39 is 95.0 Å². The number of aromatic hydroxyl groups is 2. The Balaban J connectivity index is 1.78. The molecule has 0 fully saturated rings. The van der Waals surface area contributed by atoms with E-state index in [9.17, 15) is 54.2 Å². The van der Waals surface area contributed by atoms with Crippen molar-refractivity contribution in [2.45, 2.75) is 29.4 Å². The fourth-order valence-electron chi connectivity index (χ4n) is 4.08. The largest absolute Gasteiger partial charge is 0.507 e. The molecule has 18 nitrogen and oxygen atoms in total. The summed E-state index contributed by atoms with van der Waals surface area (Å²) in [6, 6.07) is 10.0. The van der Waals surface area contributed by atoms with Gasteiger partial charge in [-0.1, -0.05) is 10.1 Å². The van der Waals surface area contributed by atoms with Crippen LogP contribution in [-0.4, -0.2) is 66.7 Å². The molecule has 0 aliphatic heterocycles. The van der Waals surface area contributed by atoms with E-state index in [-0.39, 0.29) is 33.9 Å². The fraction of sp³-hybridized carbons (Fsp3) is 0. The Morgan fingerprint density at radius 3 is 1.22 bits per heavy atom. The first-order valence-electron chi connectivity index (χ1n) is 12.4. The predicted octanol–water partition coefficient (Wildman–Crippen LogP) is 3.74. The SMILES string of the molecule is O=C(c1cc(SOOO)cc(S(=O)(=O)O)c1)c1cc(S(=O)(=O)c2ccc(O)c(C(=O)c3cc(SOOO)cc(S(=O)(=O)O)c3)c2)ccc1O. The van der Waals surface area contributed by atoms with Crippen molar-refractivity contribution in [3.63, 3.8) is 0 Å². The van der Waals surface area contributed by atoms with E-state index in [2.05, 4.69) is 18.7 Å². The highest BCUT2D eigenvalue weighted by Gasteiger charge is 2.27. The molecule has 6 N–H and O–H groups in total. The molecule has 0 bridgehead atoms. The lowest BCUT2D eigenvalue weighted by atomic mass is 10.0. The molecule has 4 rings (SSSR count). The molecular formula is C26H18O18S5. The highest BCUT2D eigenvalue weighted by atomic mass is 32.2. The molecule has 0 spiro atoms. The second kappa shape index (κ2) is 14.9. The van der Waals surface area contributed by atoms with Crippen molar-refractivity contribution in [3.05, 3.63) is 95.1 Å². The highest BCUT2D eigenvalue weighted by molar-refractivity contribution is 7.95. The quantitative estimate of drug-likeness (QED) is 0.0349. The molecule has 4 aromatic carbocycles. The second-order valence-corrected chi connectivity index (χ2v) is 15.6. The number of hydrogen-bond donors (Lipinski definition) is 6. The lowest BCUT2D eigenvalue weighted by Gasteiger charge is -2.12. The Kier molecular flexibility index (Phi) is 11.5. The number of sulfone groups is 1. The van der Waals surface area contributed by atoms with Crippen LogP contribution in [0.4, 0.5) is 0 Å². The summed E-state index contributed by atoms with van der Waals surface area (Å²) in [6.45, 7) is 0. The number of ketones is 2. The Morgan fingerprint density at radius 1 is 0.531 bits per heavy atom. The summed E-state index contributed by atoms with van der Waals surface area (Å²) >= 11 is 0.448. The van der Waals surface area contributed by atoms with E-state index in [0.29, 0.717) is 12.1 Å². The van der Waals surface area contributed by atoms with Crippen molar-refractivity contribution < 1.29 is 83.4 Å². The standard InChI is InChI=1S/C26H18O18S5/c27-23-3-1-17(11-21(23)25(29)13-5-15(45-43-41-31)9-19(7-13)48(35,36)37)47(33,34)18-2-4-24(28)22(12-18)26(30)14-6-16(46-44-42-32)10-20(8-14)49(38,39)40/h1-12,27-28,31-32H,(H,35,36,37)(H,38,39,40). The van der Waals surface area contributed by atoms with Crippen LogP contribution in [0.1, 0.15) is 31.8 Å². The summed E-state index contributed by atoms with van der Waals surface area (Å²) < 4.78 is 102. The van der Waals surface area contributed by atoms with Crippen LogP contribution in [0.3, 0.4) is 0 Å². The monoisotopic (exact) mass is 778 g/mol. The van der Waals surface area contributed by atoms with E-state index >= 15 is 0 Å². The summed E-state index contributed by atoms with van der Waals surface area (Å²) in [5.74, 6) is -3.79. The average molecular weight is 779 g/mol. The maximum absolute atomic E-state index is 13.7. The van der Waals surface area contributed by atoms with Gasteiger partial charge < -0.3 is 10.2 Å². The summed E-state index contributed by atoms with van der Waals surface area (Å²) in [6.07, 6.45) is 0. The van der Waals surface area contributed by atoms with Gasteiger partial charge in [-0.2, -0.15) is 16.8 Å². The summed E-state index contributed by atoms with van der Waals surface area (Å²) in [5, 5.41) is 44.6. The molecule has 4 aromatic rings. The Hall–Kier alpha value is -3.95. The smallest absolute Gasteiger partial charge is 0.294 e. The minimum Gasteiger partial charge on any atom is -0.507 e. The number of carbonyl (C=O) groups is 2. The molecule has 0 aliphatic rings. The molecule has 0 heterocycles. The zero-order valence-corrected chi connectivity index (χ0v) is 27.6. The van der Waals surface area contributed by atoms with Gasteiger partial charge in [0.25, 0.3) is 20.2 Å². The third kappa shape index (κ3) is 8.81. The van der Waals surface area contributed by atoms with E-state index in [0.717, 1.165) is 60.7 Å². The van der Waals surface area contributed by atoms with Crippen molar-refractivity contribution in [1.82, 2.24) is 0 Å².